The SMILES string of the molecule is CCN(CC)c1ccc(/C=C(\C#N)C(O)OCC2CO2)cc1. The molecule has 0 amide bonds. The van der Waals surface area contributed by atoms with Crippen LogP contribution in [0, 0.1) is 11.3 Å². The molecule has 2 atom stereocenters. The van der Waals surface area contributed by atoms with E-state index in [4.69, 9.17) is 14.7 Å². The summed E-state index contributed by atoms with van der Waals surface area (Å²) in [4.78, 5) is 2.24. The smallest absolute Gasteiger partial charge is 0.191 e. The van der Waals surface area contributed by atoms with E-state index in [1.165, 1.54) is 0 Å². The summed E-state index contributed by atoms with van der Waals surface area (Å²) in [6.45, 7) is 7.09. The fourth-order valence-electron chi connectivity index (χ4n) is 2.16. The van der Waals surface area contributed by atoms with Gasteiger partial charge >= 0.3 is 0 Å². The number of rotatable bonds is 8. The average Bonchev–Trinajstić information content (AvgIpc) is 3.37. The Morgan fingerprint density at radius 1 is 1.45 bits per heavy atom. The van der Waals surface area contributed by atoms with Gasteiger partial charge in [-0.1, -0.05) is 12.1 Å². The van der Waals surface area contributed by atoms with Gasteiger partial charge in [0.05, 0.1) is 18.8 Å². The number of nitrogens with zero attached hydrogens (tertiary/aromatic N) is 2. The lowest BCUT2D eigenvalue weighted by atomic mass is 10.1. The number of nitriles is 1. The molecule has 5 nitrogen and oxygen atoms in total. The molecule has 5 heteroatoms. The molecular weight excluding hydrogens is 280 g/mol. The lowest BCUT2D eigenvalue weighted by molar-refractivity contribution is -0.0728. The predicted octanol–water partition coefficient (Wildman–Crippen LogP) is 2.17. The van der Waals surface area contributed by atoms with Gasteiger partial charge in [0.25, 0.3) is 0 Å². The summed E-state index contributed by atoms with van der Waals surface area (Å²) < 4.78 is 10.2. The van der Waals surface area contributed by atoms with E-state index in [0.29, 0.717) is 13.2 Å². The Morgan fingerprint density at radius 3 is 2.59 bits per heavy atom. The fraction of sp³-hybridized carbons (Fsp3) is 0.471. The predicted molar refractivity (Wildman–Crippen MR) is 85.3 cm³/mol. The summed E-state index contributed by atoms with van der Waals surface area (Å²) >= 11 is 0. The number of epoxide rings is 1. The Morgan fingerprint density at radius 2 is 2.09 bits per heavy atom. The van der Waals surface area contributed by atoms with Crippen LogP contribution in [-0.2, 0) is 9.47 Å². The third kappa shape index (κ3) is 4.57. The van der Waals surface area contributed by atoms with Crippen molar-refractivity contribution >= 4 is 11.8 Å². The molecule has 22 heavy (non-hydrogen) atoms. The van der Waals surface area contributed by atoms with Gasteiger partial charge in [-0.2, -0.15) is 5.26 Å². The van der Waals surface area contributed by atoms with E-state index in [1.54, 1.807) is 6.08 Å². The first-order valence-corrected chi connectivity index (χ1v) is 7.55. The summed E-state index contributed by atoms with van der Waals surface area (Å²) in [5, 5.41) is 19.0. The lowest BCUT2D eigenvalue weighted by Crippen LogP contribution is -2.21. The largest absolute Gasteiger partial charge is 0.372 e. The molecule has 0 aromatic heterocycles. The molecule has 2 rings (SSSR count). The van der Waals surface area contributed by atoms with E-state index in [2.05, 4.69) is 18.7 Å². The summed E-state index contributed by atoms with van der Waals surface area (Å²) in [7, 11) is 0. The molecule has 1 heterocycles. The molecule has 1 aliphatic heterocycles. The van der Waals surface area contributed by atoms with Crippen LogP contribution in [0.5, 0.6) is 0 Å². The maximum Gasteiger partial charge on any atom is 0.191 e. The minimum Gasteiger partial charge on any atom is -0.372 e. The first-order chi connectivity index (χ1) is 10.7. The van der Waals surface area contributed by atoms with Crippen molar-refractivity contribution in [3.05, 3.63) is 35.4 Å². The summed E-state index contributed by atoms with van der Waals surface area (Å²) in [6, 6.07) is 9.88. The van der Waals surface area contributed by atoms with Crippen molar-refractivity contribution in [2.75, 3.05) is 31.2 Å². The minimum absolute atomic E-state index is 0.0583. The Kier molecular flexibility index (Phi) is 5.96. The van der Waals surface area contributed by atoms with Gasteiger partial charge in [-0.3, -0.25) is 0 Å². The zero-order valence-electron chi connectivity index (χ0n) is 13.0. The molecule has 2 unspecified atom stereocenters. The first-order valence-electron chi connectivity index (χ1n) is 7.55. The number of ether oxygens (including phenoxy) is 2. The fourth-order valence-corrected chi connectivity index (χ4v) is 2.16. The number of anilines is 1. The summed E-state index contributed by atoms with van der Waals surface area (Å²) in [5.74, 6) is 0. The van der Waals surface area contributed by atoms with Crippen LogP contribution in [0.3, 0.4) is 0 Å². The van der Waals surface area contributed by atoms with Crippen molar-refractivity contribution in [1.82, 2.24) is 0 Å². The second-order valence-corrected chi connectivity index (χ2v) is 5.12. The van der Waals surface area contributed by atoms with Gasteiger partial charge in [-0.25, -0.2) is 0 Å². The van der Waals surface area contributed by atoms with Crippen molar-refractivity contribution in [1.29, 1.82) is 5.26 Å². The highest BCUT2D eigenvalue weighted by Gasteiger charge is 2.24. The van der Waals surface area contributed by atoms with Crippen molar-refractivity contribution in [3.8, 4) is 6.07 Å². The molecule has 1 saturated heterocycles. The number of benzene rings is 1. The first kappa shape index (κ1) is 16.5. The molecule has 118 valence electrons. The molecule has 1 aromatic rings. The van der Waals surface area contributed by atoms with Crippen LogP contribution in [0.2, 0.25) is 0 Å². The van der Waals surface area contributed by atoms with Gasteiger partial charge < -0.3 is 19.5 Å². The molecule has 1 N–H and O–H groups in total. The van der Waals surface area contributed by atoms with Gasteiger partial charge in [-0.05, 0) is 37.6 Å². The second-order valence-electron chi connectivity index (χ2n) is 5.12. The third-order valence-electron chi connectivity index (χ3n) is 3.58. The Bertz CT molecular complexity index is 540. The van der Waals surface area contributed by atoms with Gasteiger partial charge in [0.15, 0.2) is 6.29 Å². The highest BCUT2D eigenvalue weighted by atomic mass is 16.6. The lowest BCUT2D eigenvalue weighted by Gasteiger charge is -2.20. The van der Waals surface area contributed by atoms with Crippen LogP contribution < -0.4 is 4.90 Å². The number of hydrogen-bond donors (Lipinski definition) is 1. The minimum atomic E-state index is -1.21. The topological polar surface area (TPSA) is 69.0 Å². The zero-order valence-corrected chi connectivity index (χ0v) is 13.0. The van der Waals surface area contributed by atoms with Crippen LogP contribution in [0.4, 0.5) is 5.69 Å². The van der Waals surface area contributed by atoms with E-state index in [0.717, 1.165) is 24.3 Å². The van der Waals surface area contributed by atoms with E-state index in [-0.39, 0.29) is 11.7 Å². The molecule has 1 aromatic carbocycles. The van der Waals surface area contributed by atoms with E-state index >= 15 is 0 Å². The maximum atomic E-state index is 9.89. The summed E-state index contributed by atoms with van der Waals surface area (Å²) in [6.07, 6.45) is 0.490. The van der Waals surface area contributed by atoms with Crippen LogP contribution in [0.15, 0.2) is 29.8 Å². The van der Waals surface area contributed by atoms with Gasteiger partial charge in [0, 0.05) is 18.8 Å². The second kappa shape index (κ2) is 7.95. The highest BCUT2D eigenvalue weighted by Crippen LogP contribution is 2.18. The molecule has 0 bridgehead atoms. The van der Waals surface area contributed by atoms with Crippen molar-refractivity contribution in [2.24, 2.45) is 0 Å². The molecule has 0 saturated carbocycles. The van der Waals surface area contributed by atoms with Crippen LogP contribution in [0.1, 0.15) is 19.4 Å². The zero-order chi connectivity index (χ0) is 15.9. The Balaban J connectivity index is 2.03. The highest BCUT2D eigenvalue weighted by molar-refractivity contribution is 5.60. The maximum absolute atomic E-state index is 9.89. The van der Waals surface area contributed by atoms with Crippen LogP contribution >= 0.6 is 0 Å². The van der Waals surface area contributed by atoms with Crippen molar-refractivity contribution in [3.63, 3.8) is 0 Å². The Hall–Kier alpha value is -1.87. The quantitative estimate of drug-likeness (QED) is 0.453. The number of aliphatic hydroxyl groups is 1. The molecule has 1 aliphatic rings. The van der Waals surface area contributed by atoms with E-state index in [1.807, 2.05) is 30.3 Å². The van der Waals surface area contributed by atoms with Crippen molar-refractivity contribution in [2.45, 2.75) is 26.2 Å². The van der Waals surface area contributed by atoms with Gasteiger partial charge in [0.2, 0.25) is 0 Å². The monoisotopic (exact) mass is 302 g/mol. The molecule has 1 fully saturated rings. The van der Waals surface area contributed by atoms with Gasteiger partial charge in [-0.15, -0.1) is 0 Å². The average molecular weight is 302 g/mol. The molecular formula is C17H22N2O3. The van der Waals surface area contributed by atoms with Crippen LogP contribution in [0.25, 0.3) is 6.08 Å². The normalized spacial score (nSPS) is 18.6. The summed E-state index contributed by atoms with van der Waals surface area (Å²) in [5.41, 5.74) is 2.19. The third-order valence-corrected chi connectivity index (χ3v) is 3.58. The van der Waals surface area contributed by atoms with E-state index in [9.17, 15) is 5.11 Å². The molecule has 0 radical (unpaired) electrons. The van der Waals surface area contributed by atoms with Gasteiger partial charge in [0.1, 0.15) is 12.2 Å². The van der Waals surface area contributed by atoms with Crippen molar-refractivity contribution < 1.29 is 14.6 Å². The van der Waals surface area contributed by atoms with E-state index < -0.39 is 6.29 Å². The number of hydrogen-bond acceptors (Lipinski definition) is 5. The Labute approximate surface area is 131 Å². The van der Waals surface area contributed by atoms with Crippen LogP contribution in [-0.4, -0.2) is 43.8 Å². The number of aliphatic hydroxyl groups excluding tert-OH is 1. The molecule has 0 spiro atoms. The standard InChI is InChI=1S/C17H22N2O3/c1-3-19(4-2)15-7-5-13(6-8-15)9-14(10-18)17(20)22-12-16-11-21-16/h5-9,16-17,20H,3-4,11-12H2,1-2H3/b14-9+. The molecule has 0 aliphatic carbocycles.